The van der Waals surface area contributed by atoms with Crippen molar-refractivity contribution in [1.82, 2.24) is 4.90 Å². The van der Waals surface area contributed by atoms with E-state index in [-0.39, 0.29) is 11.6 Å². The summed E-state index contributed by atoms with van der Waals surface area (Å²) < 4.78 is 5.60. The molecule has 0 saturated heterocycles. The predicted molar refractivity (Wildman–Crippen MR) is 90.1 cm³/mol. The molecule has 0 unspecified atom stereocenters. The highest BCUT2D eigenvalue weighted by Crippen LogP contribution is 2.17. The average Bonchev–Trinajstić information content (AvgIpc) is 2.38. The molecule has 1 rings (SSSR count). The van der Waals surface area contributed by atoms with E-state index in [1.54, 1.807) is 0 Å². The molecule has 0 spiro atoms. The Morgan fingerprint density at radius 3 is 2.33 bits per heavy atom. The highest BCUT2D eigenvalue weighted by atomic mass is 16.5. The fourth-order valence-electron chi connectivity index (χ4n) is 1.50. The molecule has 3 N–H and O–H groups in total. The van der Waals surface area contributed by atoms with Gasteiger partial charge in [0.25, 0.3) is 0 Å². The van der Waals surface area contributed by atoms with Crippen LogP contribution in [-0.2, 0) is 0 Å². The first-order chi connectivity index (χ1) is 9.70. The van der Waals surface area contributed by atoms with Gasteiger partial charge in [-0.15, -0.1) is 0 Å². The van der Waals surface area contributed by atoms with Crippen LogP contribution in [0.2, 0.25) is 0 Å². The van der Waals surface area contributed by atoms with Crippen molar-refractivity contribution in [2.45, 2.75) is 39.3 Å². The van der Waals surface area contributed by atoms with Crippen molar-refractivity contribution in [3.8, 4) is 5.75 Å². The number of hydrogen-bond donors (Lipinski definition) is 2. The minimum Gasteiger partial charge on any atom is -0.491 e. The lowest BCUT2D eigenvalue weighted by Crippen LogP contribution is -2.41. The Labute approximate surface area is 128 Å². The summed E-state index contributed by atoms with van der Waals surface area (Å²) in [7, 11) is 4.07. The van der Waals surface area contributed by atoms with Gasteiger partial charge in [0.2, 0.25) is 0 Å². The molecule has 21 heavy (non-hydrogen) atoms. The summed E-state index contributed by atoms with van der Waals surface area (Å²) in [5.74, 6) is 1.27. The standard InChI is InChI=1S/C16H28N4O/c1-12(2)21-14-9-7-13(8-10-14)19-15(17)18-11-16(3,4)20(5)6/h7-10,12H,11H2,1-6H3,(H3,17,18,19). The highest BCUT2D eigenvalue weighted by molar-refractivity contribution is 5.92. The van der Waals surface area contributed by atoms with E-state index in [1.165, 1.54) is 0 Å². The van der Waals surface area contributed by atoms with Gasteiger partial charge in [-0.25, -0.2) is 0 Å². The molecule has 0 aromatic heterocycles. The van der Waals surface area contributed by atoms with E-state index in [1.807, 2.05) is 52.2 Å². The van der Waals surface area contributed by atoms with E-state index in [0.717, 1.165) is 11.4 Å². The molecule has 0 radical (unpaired) electrons. The van der Waals surface area contributed by atoms with Crippen LogP contribution in [-0.4, -0.2) is 43.1 Å². The first-order valence-electron chi connectivity index (χ1n) is 7.22. The first-order valence-corrected chi connectivity index (χ1v) is 7.22. The number of guanidine groups is 1. The Hall–Kier alpha value is -1.75. The van der Waals surface area contributed by atoms with E-state index in [0.29, 0.717) is 12.5 Å². The largest absolute Gasteiger partial charge is 0.491 e. The van der Waals surface area contributed by atoms with Crippen LogP contribution in [0.15, 0.2) is 29.3 Å². The van der Waals surface area contributed by atoms with E-state index >= 15 is 0 Å². The van der Waals surface area contributed by atoms with Crippen LogP contribution < -0.4 is 15.8 Å². The number of anilines is 1. The van der Waals surface area contributed by atoms with Crippen molar-refractivity contribution in [1.29, 1.82) is 0 Å². The van der Waals surface area contributed by atoms with Gasteiger partial charge in [-0.3, -0.25) is 4.99 Å². The monoisotopic (exact) mass is 292 g/mol. The van der Waals surface area contributed by atoms with Crippen molar-refractivity contribution in [3.63, 3.8) is 0 Å². The third kappa shape index (κ3) is 6.04. The molecule has 1 aromatic carbocycles. The minimum absolute atomic E-state index is 0.0265. The summed E-state index contributed by atoms with van der Waals surface area (Å²) in [6.07, 6.45) is 0.170. The molecule has 0 aliphatic heterocycles. The number of benzene rings is 1. The molecular weight excluding hydrogens is 264 g/mol. The molecule has 0 saturated carbocycles. The smallest absolute Gasteiger partial charge is 0.193 e. The fraction of sp³-hybridized carbons (Fsp3) is 0.562. The molecule has 0 atom stereocenters. The van der Waals surface area contributed by atoms with E-state index in [4.69, 9.17) is 10.5 Å². The second-order valence-corrected chi connectivity index (χ2v) is 6.22. The van der Waals surface area contributed by atoms with Crippen molar-refractivity contribution in [2.24, 2.45) is 10.7 Å². The summed E-state index contributed by atoms with van der Waals surface area (Å²) in [5, 5.41) is 3.09. The van der Waals surface area contributed by atoms with Gasteiger partial charge in [-0.2, -0.15) is 0 Å². The second-order valence-electron chi connectivity index (χ2n) is 6.22. The third-order valence-corrected chi connectivity index (χ3v) is 3.35. The van der Waals surface area contributed by atoms with Gasteiger partial charge >= 0.3 is 0 Å². The summed E-state index contributed by atoms with van der Waals surface area (Å²) in [5.41, 5.74) is 6.79. The summed E-state index contributed by atoms with van der Waals surface area (Å²) in [6.45, 7) is 8.89. The lowest BCUT2D eigenvalue weighted by molar-refractivity contribution is 0.205. The van der Waals surface area contributed by atoms with Gasteiger partial charge in [0, 0.05) is 11.2 Å². The van der Waals surface area contributed by atoms with Crippen LogP contribution in [0.25, 0.3) is 0 Å². The molecule has 0 bridgehead atoms. The Kier molecular flexibility index (Phi) is 6.03. The van der Waals surface area contributed by atoms with Crippen LogP contribution in [0.4, 0.5) is 5.69 Å². The van der Waals surface area contributed by atoms with Crippen molar-refractivity contribution < 1.29 is 4.74 Å². The number of hydrogen-bond acceptors (Lipinski definition) is 3. The SMILES string of the molecule is CC(C)Oc1ccc(NC(N)=NCC(C)(C)N(C)C)cc1. The van der Waals surface area contributed by atoms with Crippen molar-refractivity contribution in [3.05, 3.63) is 24.3 Å². The molecular formula is C16H28N4O. The quantitative estimate of drug-likeness (QED) is 0.625. The van der Waals surface area contributed by atoms with Crippen LogP contribution in [0.1, 0.15) is 27.7 Å². The maximum Gasteiger partial charge on any atom is 0.193 e. The predicted octanol–water partition coefficient (Wildman–Crippen LogP) is 2.54. The summed E-state index contributed by atoms with van der Waals surface area (Å²) in [6, 6.07) is 7.69. The topological polar surface area (TPSA) is 62.9 Å². The molecule has 0 fully saturated rings. The Morgan fingerprint density at radius 2 is 1.86 bits per heavy atom. The number of nitrogens with zero attached hydrogens (tertiary/aromatic N) is 2. The van der Waals surface area contributed by atoms with E-state index in [9.17, 15) is 0 Å². The number of aliphatic imine (C=N–C) groups is 1. The van der Waals surface area contributed by atoms with Crippen LogP contribution in [0.5, 0.6) is 5.75 Å². The molecule has 0 amide bonds. The average molecular weight is 292 g/mol. The molecule has 0 heterocycles. The van der Waals surface area contributed by atoms with Gasteiger partial charge in [-0.05, 0) is 66.1 Å². The molecule has 5 nitrogen and oxygen atoms in total. The third-order valence-electron chi connectivity index (χ3n) is 3.35. The van der Waals surface area contributed by atoms with Crippen LogP contribution >= 0.6 is 0 Å². The second kappa shape index (κ2) is 7.31. The van der Waals surface area contributed by atoms with Crippen molar-refractivity contribution >= 4 is 11.6 Å². The van der Waals surface area contributed by atoms with Gasteiger partial charge in [-0.1, -0.05) is 0 Å². The lowest BCUT2D eigenvalue weighted by Gasteiger charge is -2.30. The Bertz CT molecular complexity index is 464. The Balaban J connectivity index is 2.60. The van der Waals surface area contributed by atoms with E-state index < -0.39 is 0 Å². The van der Waals surface area contributed by atoms with Gasteiger partial charge < -0.3 is 20.7 Å². The van der Waals surface area contributed by atoms with Crippen LogP contribution in [0, 0.1) is 0 Å². The minimum atomic E-state index is -0.0265. The molecule has 0 aliphatic rings. The molecule has 0 aliphatic carbocycles. The fourth-order valence-corrected chi connectivity index (χ4v) is 1.50. The number of likely N-dealkylation sites (N-methyl/N-ethyl adjacent to an activating group) is 1. The number of nitrogens with two attached hydrogens (primary N) is 1. The zero-order valence-electron chi connectivity index (χ0n) is 14.0. The van der Waals surface area contributed by atoms with E-state index in [2.05, 4.69) is 29.1 Å². The van der Waals surface area contributed by atoms with Gasteiger partial charge in [0.15, 0.2) is 5.96 Å². The number of nitrogens with one attached hydrogen (secondary N) is 1. The molecule has 1 aromatic rings. The summed E-state index contributed by atoms with van der Waals surface area (Å²) >= 11 is 0. The summed E-state index contributed by atoms with van der Waals surface area (Å²) in [4.78, 5) is 6.52. The first kappa shape index (κ1) is 17.3. The molecule has 5 heteroatoms. The zero-order valence-corrected chi connectivity index (χ0v) is 14.0. The highest BCUT2D eigenvalue weighted by Gasteiger charge is 2.19. The van der Waals surface area contributed by atoms with Gasteiger partial charge in [0.05, 0.1) is 12.6 Å². The van der Waals surface area contributed by atoms with Crippen LogP contribution in [0.3, 0.4) is 0 Å². The molecule has 118 valence electrons. The maximum absolute atomic E-state index is 5.92. The Morgan fingerprint density at radius 1 is 1.29 bits per heavy atom. The number of rotatable bonds is 6. The maximum atomic E-state index is 5.92. The normalized spacial score (nSPS) is 12.9. The lowest BCUT2D eigenvalue weighted by atomic mass is 10.1. The van der Waals surface area contributed by atoms with Gasteiger partial charge in [0.1, 0.15) is 5.75 Å². The van der Waals surface area contributed by atoms with Crippen molar-refractivity contribution in [2.75, 3.05) is 26.0 Å². The zero-order chi connectivity index (χ0) is 16.0. The number of ether oxygens (including phenoxy) is 1.